The molecule has 1 heterocycles. The van der Waals surface area contributed by atoms with Gasteiger partial charge in [0.2, 0.25) is 0 Å². The number of nitrogens with zero attached hydrogens (tertiary/aromatic N) is 1. The van der Waals surface area contributed by atoms with Gasteiger partial charge in [-0.15, -0.1) is 11.3 Å². The number of rotatable bonds is 7. The molecule has 6 nitrogen and oxygen atoms in total. The van der Waals surface area contributed by atoms with E-state index in [2.05, 4.69) is 15.6 Å². The standard InChI is InChI=1S/C21H21N3O3S/c1-15-7-9-16(10-8-15)20-23-18(14-28-20)13-27-19(25)11-12-22-21(26)24-17-5-3-2-4-6-17/h2-10,14H,11-13H2,1H3,(H2,22,24,26). The lowest BCUT2D eigenvalue weighted by Gasteiger charge is -2.07. The zero-order chi connectivity index (χ0) is 19.8. The van der Waals surface area contributed by atoms with Crippen LogP contribution in [-0.4, -0.2) is 23.5 Å². The summed E-state index contributed by atoms with van der Waals surface area (Å²) in [6.45, 7) is 2.36. The summed E-state index contributed by atoms with van der Waals surface area (Å²) in [6.07, 6.45) is 0.0944. The monoisotopic (exact) mass is 395 g/mol. The molecule has 28 heavy (non-hydrogen) atoms. The number of ether oxygens (including phenoxy) is 1. The van der Waals surface area contributed by atoms with Crippen LogP contribution in [-0.2, 0) is 16.1 Å². The predicted molar refractivity (Wildman–Crippen MR) is 110 cm³/mol. The fourth-order valence-electron chi connectivity index (χ4n) is 2.40. The van der Waals surface area contributed by atoms with Gasteiger partial charge < -0.3 is 15.4 Å². The zero-order valence-electron chi connectivity index (χ0n) is 15.5. The summed E-state index contributed by atoms with van der Waals surface area (Å²) in [7, 11) is 0. The molecule has 0 unspecified atom stereocenters. The Kier molecular flexibility index (Phi) is 6.75. The van der Waals surface area contributed by atoms with E-state index in [4.69, 9.17) is 4.74 Å². The van der Waals surface area contributed by atoms with E-state index in [0.717, 1.165) is 10.6 Å². The number of carbonyl (C=O) groups is 2. The zero-order valence-corrected chi connectivity index (χ0v) is 16.3. The molecule has 7 heteroatoms. The molecule has 0 atom stereocenters. The molecule has 2 aromatic carbocycles. The van der Waals surface area contributed by atoms with Crippen molar-refractivity contribution in [3.63, 3.8) is 0 Å². The van der Waals surface area contributed by atoms with Gasteiger partial charge in [-0.05, 0) is 19.1 Å². The first-order chi connectivity index (χ1) is 13.6. The minimum atomic E-state index is -0.384. The lowest BCUT2D eigenvalue weighted by Crippen LogP contribution is -2.30. The molecule has 0 saturated carbocycles. The van der Waals surface area contributed by atoms with Gasteiger partial charge in [-0.1, -0.05) is 48.0 Å². The van der Waals surface area contributed by atoms with Crippen LogP contribution in [0.1, 0.15) is 17.7 Å². The summed E-state index contributed by atoms with van der Waals surface area (Å²) in [5, 5.41) is 8.09. The van der Waals surface area contributed by atoms with Crippen LogP contribution >= 0.6 is 11.3 Å². The minimum Gasteiger partial charge on any atom is -0.459 e. The van der Waals surface area contributed by atoms with Crippen LogP contribution in [0.5, 0.6) is 0 Å². The van der Waals surface area contributed by atoms with Crippen LogP contribution in [0.25, 0.3) is 10.6 Å². The highest BCUT2D eigenvalue weighted by Crippen LogP contribution is 2.24. The summed E-state index contributed by atoms with van der Waals surface area (Å²) >= 11 is 1.52. The third-order valence-corrected chi connectivity index (χ3v) is 4.82. The number of aromatic nitrogens is 1. The molecule has 3 aromatic rings. The van der Waals surface area contributed by atoms with E-state index in [1.54, 1.807) is 12.1 Å². The van der Waals surface area contributed by atoms with Crippen molar-refractivity contribution >= 4 is 29.0 Å². The van der Waals surface area contributed by atoms with E-state index in [-0.39, 0.29) is 31.6 Å². The molecule has 0 aliphatic heterocycles. The summed E-state index contributed by atoms with van der Waals surface area (Å²) < 4.78 is 5.23. The number of urea groups is 1. The van der Waals surface area contributed by atoms with E-state index in [0.29, 0.717) is 11.4 Å². The van der Waals surface area contributed by atoms with Crippen LogP contribution in [0.15, 0.2) is 60.0 Å². The van der Waals surface area contributed by atoms with E-state index in [9.17, 15) is 9.59 Å². The number of amides is 2. The van der Waals surface area contributed by atoms with Crippen molar-refractivity contribution in [3.05, 3.63) is 71.2 Å². The number of hydrogen-bond acceptors (Lipinski definition) is 5. The van der Waals surface area contributed by atoms with Crippen molar-refractivity contribution in [3.8, 4) is 10.6 Å². The molecule has 0 fully saturated rings. The van der Waals surface area contributed by atoms with Gasteiger partial charge in [-0.2, -0.15) is 0 Å². The van der Waals surface area contributed by atoms with E-state index >= 15 is 0 Å². The van der Waals surface area contributed by atoms with Gasteiger partial charge in [0.25, 0.3) is 0 Å². The van der Waals surface area contributed by atoms with Gasteiger partial charge in [-0.25, -0.2) is 9.78 Å². The van der Waals surface area contributed by atoms with Gasteiger partial charge >= 0.3 is 12.0 Å². The maximum Gasteiger partial charge on any atom is 0.319 e. The Morgan fingerprint density at radius 3 is 2.57 bits per heavy atom. The molecule has 0 radical (unpaired) electrons. The fourth-order valence-corrected chi connectivity index (χ4v) is 3.21. The van der Waals surface area contributed by atoms with Crippen molar-refractivity contribution in [2.75, 3.05) is 11.9 Å². The van der Waals surface area contributed by atoms with Gasteiger partial charge in [0, 0.05) is 23.2 Å². The molecular weight excluding hydrogens is 374 g/mol. The molecule has 0 saturated heterocycles. The molecule has 0 aliphatic carbocycles. The van der Waals surface area contributed by atoms with E-state index in [1.807, 2.05) is 54.8 Å². The van der Waals surface area contributed by atoms with Crippen molar-refractivity contribution in [1.29, 1.82) is 0 Å². The van der Waals surface area contributed by atoms with Gasteiger partial charge in [-0.3, -0.25) is 4.79 Å². The molecule has 1 aromatic heterocycles. The second kappa shape index (κ2) is 9.66. The Morgan fingerprint density at radius 1 is 1.07 bits per heavy atom. The Hall–Kier alpha value is -3.19. The Morgan fingerprint density at radius 2 is 1.82 bits per heavy atom. The number of para-hydroxylation sites is 1. The second-order valence-corrected chi connectivity index (χ2v) is 7.03. The predicted octanol–water partition coefficient (Wildman–Crippen LogP) is 4.37. The van der Waals surface area contributed by atoms with E-state index < -0.39 is 0 Å². The summed E-state index contributed by atoms with van der Waals surface area (Å²) in [5.41, 5.74) is 3.64. The maximum absolute atomic E-state index is 11.9. The Bertz CT molecular complexity index is 924. The van der Waals surface area contributed by atoms with Crippen molar-refractivity contribution in [2.45, 2.75) is 20.0 Å². The van der Waals surface area contributed by atoms with Gasteiger partial charge in [0.05, 0.1) is 12.1 Å². The van der Waals surface area contributed by atoms with Crippen LogP contribution < -0.4 is 10.6 Å². The molecule has 2 amide bonds. The van der Waals surface area contributed by atoms with Gasteiger partial charge in [0.1, 0.15) is 11.6 Å². The number of thiazole rings is 1. The average molecular weight is 395 g/mol. The first-order valence-electron chi connectivity index (χ1n) is 8.87. The Balaban J connectivity index is 1.37. The molecule has 0 aliphatic rings. The summed E-state index contributed by atoms with van der Waals surface area (Å²) in [6, 6.07) is 16.9. The first kappa shape index (κ1) is 19.6. The first-order valence-corrected chi connectivity index (χ1v) is 9.75. The average Bonchev–Trinajstić information content (AvgIpc) is 3.17. The van der Waals surface area contributed by atoms with Crippen LogP contribution in [0.4, 0.5) is 10.5 Å². The largest absolute Gasteiger partial charge is 0.459 e. The number of aryl methyl sites for hydroxylation is 1. The topological polar surface area (TPSA) is 80.3 Å². The molecule has 144 valence electrons. The highest BCUT2D eigenvalue weighted by atomic mass is 32.1. The number of benzene rings is 2. The highest BCUT2D eigenvalue weighted by molar-refractivity contribution is 7.13. The smallest absolute Gasteiger partial charge is 0.319 e. The number of anilines is 1. The molecular formula is C21H21N3O3S. The number of hydrogen-bond donors (Lipinski definition) is 2. The second-order valence-electron chi connectivity index (χ2n) is 6.17. The molecule has 0 bridgehead atoms. The Labute approximate surface area is 167 Å². The fraction of sp³-hybridized carbons (Fsp3) is 0.190. The lowest BCUT2D eigenvalue weighted by molar-refractivity contribution is -0.144. The molecule has 0 spiro atoms. The quantitative estimate of drug-likeness (QED) is 0.582. The minimum absolute atomic E-state index is 0.0944. The van der Waals surface area contributed by atoms with Crippen LogP contribution in [0, 0.1) is 6.92 Å². The van der Waals surface area contributed by atoms with Crippen molar-refractivity contribution in [1.82, 2.24) is 10.3 Å². The number of nitrogens with one attached hydrogen (secondary N) is 2. The highest BCUT2D eigenvalue weighted by Gasteiger charge is 2.09. The third-order valence-electron chi connectivity index (χ3n) is 3.88. The normalized spacial score (nSPS) is 10.3. The number of carbonyl (C=O) groups excluding carboxylic acids is 2. The summed E-state index contributed by atoms with van der Waals surface area (Å²) in [5.74, 6) is -0.384. The maximum atomic E-state index is 11.9. The van der Waals surface area contributed by atoms with Crippen molar-refractivity contribution in [2.24, 2.45) is 0 Å². The van der Waals surface area contributed by atoms with Crippen LogP contribution in [0.3, 0.4) is 0 Å². The SMILES string of the molecule is Cc1ccc(-c2nc(COC(=O)CCNC(=O)Nc3ccccc3)cs2)cc1. The third kappa shape index (κ3) is 5.92. The lowest BCUT2D eigenvalue weighted by atomic mass is 10.2. The van der Waals surface area contributed by atoms with Crippen molar-refractivity contribution < 1.29 is 14.3 Å². The molecule has 3 rings (SSSR count). The number of esters is 1. The summed E-state index contributed by atoms with van der Waals surface area (Å²) in [4.78, 5) is 28.1. The van der Waals surface area contributed by atoms with E-state index in [1.165, 1.54) is 16.9 Å². The van der Waals surface area contributed by atoms with Crippen LogP contribution in [0.2, 0.25) is 0 Å². The molecule has 2 N–H and O–H groups in total. The van der Waals surface area contributed by atoms with Gasteiger partial charge in [0.15, 0.2) is 0 Å².